The number of carbonyl (C=O) groups is 4. The highest BCUT2D eigenvalue weighted by Gasteiger charge is 2.27. The van der Waals surface area contributed by atoms with Crippen molar-refractivity contribution in [1.82, 2.24) is 0 Å². The molecule has 0 fully saturated rings. The first-order valence-corrected chi connectivity index (χ1v) is 11.9. The number of esters is 2. The summed E-state index contributed by atoms with van der Waals surface area (Å²) in [5.41, 5.74) is 1.71. The Hall–Kier alpha value is -4.18. The van der Waals surface area contributed by atoms with E-state index in [-0.39, 0.29) is 39.9 Å². The summed E-state index contributed by atoms with van der Waals surface area (Å²) >= 11 is 0.924. The minimum absolute atomic E-state index is 0.0810. The minimum Gasteiger partial charge on any atom is -0.483 e. The van der Waals surface area contributed by atoms with Gasteiger partial charge in [0.1, 0.15) is 10.8 Å². The van der Waals surface area contributed by atoms with Crippen LogP contribution in [0.5, 0.6) is 5.75 Å². The molecule has 0 saturated carbocycles. The predicted molar refractivity (Wildman–Crippen MR) is 136 cm³/mol. The van der Waals surface area contributed by atoms with Crippen LogP contribution in [0.15, 0.2) is 48.5 Å². The van der Waals surface area contributed by atoms with Gasteiger partial charge in [-0.05, 0) is 50.1 Å². The lowest BCUT2D eigenvalue weighted by Crippen LogP contribution is -2.21. The zero-order valence-electron chi connectivity index (χ0n) is 20.3. The lowest BCUT2D eigenvalue weighted by molar-refractivity contribution is -0.118. The van der Waals surface area contributed by atoms with Crippen LogP contribution in [0, 0.1) is 13.8 Å². The number of hydrogen-bond acceptors (Lipinski definition) is 8. The molecule has 0 spiro atoms. The van der Waals surface area contributed by atoms with Crippen molar-refractivity contribution in [2.45, 2.75) is 20.8 Å². The molecule has 1 aromatic heterocycles. The number of ether oxygens (including phenoxy) is 3. The van der Waals surface area contributed by atoms with E-state index in [1.165, 1.54) is 13.2 Å². The quantitative estimate of drug-likeness (QED) is 0.404. The molecule has 3 rings (SSSR count). The van der Waals surface area contributed by atoms with E-state index in [0.717, 1.165) is 16.9 Å². The number of anilines is 2. The monoisotopic (exact) mass is 510 g/mol. The van der Waals surface area contributed by atoms with Crippen LogP contribution >= 0.6 is 11.3 Å². The first-order valence-electron chi connectivity index (χ1n) is 11.0. The van der Waals surface area contributed by atoms with Crippen molar-refractivity contribution in [3.05, 3.63) is 75.7 Å². The van der Waals surface area contributed by atoms with Crippen LogP contribution in [0.4, 0.5) is 10.7 Å². The summed E-state index contributed by atoms with van der Waals surface area (Å²) in [5, 5.41) is 5.50. The SMILES string of the molecule is CCOC(=O)c1c(NC(=O)COc2ccccc2C)sc(C(=O)Nc2ccccc2C(=O)OC)c1C. The van der Waals surface area contributed by atoms with Crippen molar-refractivity contribution in [2.24, 2.45) is 0 Å². The third kappa shape index (κ3) is 6.08. The van der Waals surface area contributed by atoms with Gasteiger partial charge in [-0.15, -0.1) is 11.3 Å². The molecule has 3 aromatic rings. The van der Waals surface area contributed by atoms with E-state index >= 15 is 0 Å². The van der Waals surface area contributed by atoms with Crippen LogP contribution in [0.2, 0.25) is 0 Å². The van der Waals surface area contributed by atoms with Crippen LogP contribution in [0.25, 0.3) is 0 Å². The smallest absolute Gasteiger partial charge is 0.341 e. The van der Waals surface area contributed by atoms with Gasteiger partial charge < -0.3 is 24.8 Å². The molecule has 0 radical (unpaired) electrons. The van der Waals surface area contributed by atoms with Gasteiger partial charge in [0.25, 0.3) is 11.8 Å². The first kappa shape index (κ1) is 26.4. The van der Waals surface area contributed by atoms with Gasteiger partial charge in [0, 0.05) is 0 Å². The van der Waals surface area contributed by atoms with Gasteiger partial charge in [-0.3, -0.25) is 9.59 Å². The maximum absolute atomic E-state index is 13.1. The zero-order valence-corrected chi connectivity index (χ0v) is 21.1. The van der Waals surface area contributed by atoms with Gasteiger partial charge in [0.15, 0.2) is 6.61 Å². The number of carbonyl (C=O) groups excluding carboxylic acids is 4. The number of aryl methyl sites for hydroxylation is 1. The summed E-state index contributed by atoms with van der Waals surface area (Å²) in [6.45, 7) is 4.93. The third-order valence-corrected chi connectivity index (χ3v) is 6.32. The van der Waals surface area contributed by atoms with Crippen molar-refractivity contribution in [3.63, 3.8) is 0 Å². The van der Waals surface area contributed by atoms with Crippen LogP contribution < -0.4 is 15.4 Å². The number of benzene rings is 2. The van der Waals surface area contributed by atoms with Gasteiger partial charge in [-0.25, -0.2) is 9.59 Å². The van der Waals surface area contributed by atoms with E-state index < -0.39 is 23.8 Å². The Morgan fingerprint density at radius 3 is 2.31 bits per heavy atom. The molecule has 0 aliphatic rings. The Kier molecular flexibility index (Phi) is 8.80. The van der Waals surface area contributed by atoms with Crippen molar-refractivity contribution in [1.29, 1.82) is 0 Å². The number of amides is 2. The van der Waals surface area contributed by atoms with Crippen LogP contribution in [-0.4, -0.2) is 44.1 Å². The second-order valence-corrected chi connectivity index (χ2v) is 8.60. The highest BCUT2D eigenvalue weighted by molar-refractivity contribution is 7.19. The van der Waals surface area contributed by atoms with Crippen molar-refractivity contribution in [3.8, 4) is 5.75 Å². The Balaban J connectivity index is 1.86. The fourth-order valence-corrected chi connectivity index (χ4v) is 4.46. The zero-order chi connectivity index (χ0) is 26.2. The topological polar surface area (TPSA) is 120 Å². The minimum atomic E-state index is -0.671. The van der Waals surface area contributed by atoms with Crippen molar-refractivity contribution < 1.29 is 33.4 Å². The highest BCUT2D eigenvalue weighted by atomic mass is 32.1. The van der Waals surface area contributed by atoms with E-state index in [1.807, 2.05) is 19.1 Å². The van der Waals surface area contributed by atoms with Crippen molar-refractivity contribution >= 4 is 45.8 Å². The molecule has 0 saturated heterocycles. The Morgan fingerprint density at radius 1 is 0.917 bits per heavy atom. The largest absolute Gasteiger partial charge is 0.483 e. The molecule has 10 heteroatoms. The summed E-state index contributed by atoms with van der Waals surface area (Å²) in [6.07, 6.45) is 0. The van der Waals surface area contributed by atoms with Gasteiger partial charge >= 0.3 is 11.9 Å². The third-order valence-electron chi connectivity index (χ3n) is 5.12. The molecule has 188 valence electrons. The molecule has 2 aromatic carbocycles. The standard InChI is InChI=1S/C26H26N2O7S/c1-5-34-26(32)21-16(3)22(23(30)27-18-12-8-7-11-17(18)25(31)33-4)36-24(21)28-20(29)14-35-19-13-9-6-10-15(19)2/h6-13H,5,14H2,1-4H3,(H,27,30)(H,28,29). The molecule has 9 nitrogen and oxygen atoms in total. The molecule has 2 N–H and O–H groups in total. The second-order valence-electron chi connectivity index (χ2n) is 7.57. The predicted octanol–water partition coefficient (Wildman–Crippen LogP) is 4.60. The van der Waals surface area contributed by atoms with Gasteiger partial charge in [0.2, 0.25) is 0 Å². The fourth-order valence-electron chi connectivity index (χ4n) is 3.35. The van der Waals surface area contributed by atoms with E-state index in [9.17, 15) is 19.2 Å². The van der Waals surface area contributed by atoms with Crippen LogP contribution in [-0.2, 0) is 14.3 Å². The molecule has 0 bridgehead atoms. The maximum Gasteiger partial charge on any atom is 0.341 e. The maximum atomic E-state index is 13.1. The molecule has 0 atom stereocenters. The average Bonchev–Trinajstić information content (AvgIpc) is 3.19. The Bertz CT molecular complexity index is 1300. The molecule has 0 aliphatic heterocycles. The normalized spacial score (nSPS) is 10.3. The Morgan fingerprint density at radius 2 is 1.61 bits per heavy atom. The number of para-hydroxylation sites is 2. The average molecular weight is 511 g/mol. The van der Waals surface area contributed by atoms with Crippen molar-refractivity contribution in [2.75, 3.05) is 31.0 Å². The summed E-state index contributed by atoms with van der Waals surface area (Å²) in [5.74, 6) is -1.79. The van der Waals surface area contributed by atoms with Crippen LogP contribution in [0.1, 0.15) is 48.4 Å². The number of nitrogens with one attached hydrogen (secondary N) is 2. The fraction of sp³-hybridized carbons (Fsp3) is 0.231. The first-order chi connectivity index (χ1) is 17.3. The molecule has 36 heavy (non-hydrogen) atoms. The molecular weight excluding hydrogens is 484 g/mol. The summed E-state index contributed by atoms with van der Waals surface area (Å²) in [6, 6.07) is 13.6. The summed E-state index contributed by atoms with van der Waals surface area (Å²) < 4.78 is 15.5. The number of methoxy groups -OCH3 is 1. The summed E-state index contributed by atoms with van der Waals surface area (Å²) in [4.78, 5) is 50.7. The molecule has 2 amide bonds. The van der Waals surface area contributed by atoms with Gasteiger partial charge in [-0.1, -0.05) is 30.3 Å². The molecule has 0 unspecified atom stereocenters. The second kappa shape index (κ2) is 12.0. The molecule has 1 heterocycles. The number of hydrogen-bond donors (Lipinski definition) is 2. The summed E-state index contributed by atoms with van der Waals surface area (Å²) in [7, 11) is 1.24. The van der Waals surface area contributed by atoms with Gasteiger partial charge in [0.05, 0.1) is 35.4 Å². The number of thiophene rings is 1. The lowest BCUT2D eigenvalue weighted by atomic mass is 10.1. The molecule has 0 aliphatic carbocycles. The van der Waals surface area contributed by atoms with E-state index in [4.69, 9.17) is 14.2 Å². The van der Waals surface area contributed by atoms with Crippen LogP contribution in [0.3, 0.4) is 0 Å². The van der Waals surface area contributed by atoms with E-state index in [2.05, 4.69) is 10.6 Å². The van der Waals surface area contributed by atoms with E-state index in [1.54, 1.807) is 44.2 Å². The number of rotatable bonds is 9. The molecular formula is C26H26N2O7S. The highest BCUT2D eigenvalue weighted by Crippen LogP contribution is 2.34. The van der Waals surface area contributed by atoms with E-state index in [0.29, 0.717) is 11.3 Å². The lowest BCUT2D eigenvalue weighted by Gasteiger charge is -2.10. The Labute approximate surface area is 212 Å². The van der Waals surface area contributed by atoms with Gasteiger partial charge in [-0.2, -0.15) is 0 Å².